The fraction of sp³-hybridized carbons (Fsp3) is 0.750. The Balaban J connectivity index is 1.63. The Bertz CT molecular complexity index is 1580. The highest BCUT2D eigenvalue weighted by atomic mass is 16.6. The van der Waals surface area contributed by atoms with Crippen LogP contribution in [0.2, 0.25) is 0 Å². The van der Waals surface area contributed by atoms with E-state index in [2.05, 4.69) is 0 Å². The second kappa shape index (κ2) is 22.9. The number of amides is 1. The van der Waals surface area contributed by atoms with E-state index in [0.717, 1.165) is 12.8 Å². The maximum Gasteiger partial charge on any atom is 0.329 e. The molecule has 12 heteroatoms. The zero-order chi connectivity index (χ0) is 44.3. The number of carbonyl (C=O) groups is 4. The summed E-state index contributed by atoms with van der Waals surface area (Å²) in [5.74, 6) is -5.19. The summed E-state index contributed by atoms with van der Waals surface area (Å²) in [7, 11) is 0. The van der Waals surface area contributed by atoms with E-state index in [-0.39, 0.29) is 60.4 Å². The second-order valence-electron chi connectivity index (χ2n) is 18.9. The minimum Gasteiger partial charge on any atom is -0.460 e. The number of hydrogen-bond acceptors (Lipinski definition) is 11. The van der Waals surface area contributed by atoms with Gasteiger partial charge in [-0.05, 0) is 113 Å². The lowest BCUT2D eigenvalue weighted by Gasteiger charge is -2.44. The van der Waals surface area contributed by atoms with Gasteiger partial charge in [-0.3, -0.25) is 14.4 Å². The number of esters is 1. The SMILES string of the molecule is C/C1=C\[C@@H](C)C(=O)C[C@@H]([C@H](C)CC2CCC(O)CC2)OC(=O)[C@@H]2CCCCN2C(=O)C[C@]2(O)O[C@@H](CC[C@H]2C)C[C@H](O)/C(C)=C/C=C/C=C\[C@@H](C)C[C@@H](C)C(=O)[C@H](O)[C@@H]1O. The largest absolute Gasteiger partial charge is 0.460 e. The number of rotatable bonds is 3. The van der Waals surface area contributed by atoms with Crippen molar-refractivity contribution in [1.82, 2.24) is 4.90 Å². The van der Waals surface area contributed by atoms with Gasteiger partial charge in [0.15, 0.2) is 11.6 Å². The zero-order valence-corrected chi connectivity index (χ0v) is 37.2. The number of fused-ring (bicyclic) bond motifs is 3. The molecule has 60 heavy (non-hydrogen) atoms. The van der Waals surface area contributed by atoms with Crippen LogP contribution < -0.4 is 0 Å². The van der Waals surface area contributed by atoms with E-state index >= 15 is 0 Å². The predicted molar refractivity (Wildman–Crippen MR) is 229 cm³/mol. The van der Waals surface area contributed by atoms with Crippen LogP contribution in [-0.4, -0.2) is 109 Å². The van der Waals surface area contributed by atoms with E-state index in [1.165, 1.54) is 4.90 Å². The van der Waals surface area contributed by atoms with E-state index < -0.39 is 71.8 Å². The summed E-state index contributed by atoms with van der Waals surface area (Å²) in [6.45, 7) is 12.8. The Labute approximate surface area is 358 Å². The Hall–Kier alpha value is -3.00. The summed E-state index contributed by atoms with van der Waals surface area (Å²) >= 11 is 0. The van der Waals surface area contributed by atoms with Crippen LogP contribution in [0.3, 0.4) is 0 Å². The fourth-order valence-electron chi connectivity index (χ4n) is 9.44. The summed E-state index contributed by atoms with van der Waals surface area (Å²) in [6.07, 6.45) is 11.9. The lowest BCUT2D eigenvalue weighted by Crippen LogP contribution is -2.54. The van der Waals surface area contributed by atoms with Gasteiger partial charge < -0.3 is 39.9 Å². The van der Waals surface area contributed by atoms with Crippen LogP contribution in [0.1, 0.15) is 138 Å². The van der Waals surface area contributed by atoms with Gasteiger partial charge in [-0.2, -0.15) is 0 Å². The third-order valence-electron chi connectivity index (χ3n) is 13.7. The summed E-state index contributed by atoms with van der Waals surface area (Å²) < 4.78 is 12.5. The lowest BCUT2D eigenvalue weighted by molar-refractivity contribution is -0.283. The van der Waals surface area contributed by atoms with Gasteiger partial charge in [-0.15, -0.1) is 0 Å². The Morgan fingerprint density at radius 2 is 1.53 bits per heavy atom. The number of carbonyl (C=O) groups excluding carboxylic acids is 4. The minimum absolute atomic E-state index is 0.0229. The van der Waals surface area contributed by atoms with Crippen molar-refractivity contribution >= 4 is 23.4 Å². The molecule has 2 saturated heterocycles. The smallest absolute Gasteiger partial charge is 0.329 e. The van der Waals surface area contributed by atoms with E-state index in [0.29, 0.717) is 69.9 Å². The average molecular weight is 842 g/mol. The van der Waals surface area contributed by atoms with Crippen molar-refractivity contribution in [2.75, 3.05) is 6.54 Å². The second-order valence-corrected chi connectivity index (χ2v) is 18.9. The summed E-state index contributed by atoms with van der Waals surface area (Å²) in [5.41, 5.74) is 0.980. The highest BCUT2D eigenvalue weighted by Crippen LogP contribution is 2.38. The molecule has 338 valence electrons. The quantitative estimate of drug-likeness (QED) is 0.164. The molecule has 0 aromatic carbocycles. The van der Waals surface area contributed by atoms with Gasteiger partial charge in [0.25, 0.3) is 0 Å². The molecule has 12 atom stereocenters. The molecule has 3 aliphatic heterocycles. The highest BCUT2D eigenvalue weighted by Gasteiger charge is 2.46. The van der Waals surface area contributed by atoms with Gasteiger partial charge >= 0.3 is 5.97 Å². The van der Waals surface area contributed by atoms with Crippen molar-refractivity contribution in [2.45, 2.75) is 187 Å². The Morgan fingerprint density at radius 3 is 2.23 bits per heavy atom. The fourth-order valence-corrected chi connectivity index (χ4v) is 9.44. The molecule has 0 spiro atoms. The Kier molecular flexibility index (Phi) is 19.0. The standard InChI is InChI=1S/C48H75NO11/c1-29-13-9-8-10-14-30(2)40(51)26-38-21-16-35(7)48(58,60-38)28-43(53)49-22-12-11-15-39(49)47(57)59-42(32(4)25-36-17-19-37(50)20-18-36)27-41(52)31(3)24-34(6)45(55)46(56)44(54)33(5)23-29/h8-10,13-14,24,29,31-33,35-40,42,45-46,50-51,55-56,58H,11-12,15-23,25-28H2,1-7H3/b10-8+,13-9-,30-14+,34-24+/t29-,31-,32-,33-,35-,36?,37?,38+,39+,40+,42+,45-,46+,48+/m1/s1. The van der Waals surface area contributed by atoms with Crippen LogP contribution in [0.4, 0.5) is 0 Å². The first-order valence-electron chi connectivity index (χ1n) is 22.7. The molecule has 0 aromatic rings. The third kappa shape index (κ3) is 14.0. The molecule has 2 bridgehead atoms. The molecule has 0 radical (unpaired) electrons. The number of aliphatic hydroxyl groups is 5. The van der Waals surface area contributed by atoms with Crippen LogP contribution in [-0.2, 0) is 28.7 Å². The molecule has 1 amide bonds. The van der Waals surface area contributed by atoms with Gasteiger partial charge in [0.1, 0.15) is 30.1 Å². The van der Waals surface area contributed by atoms with Crippen molar-refractivity contribution in [1.29, 1.82) is 0 Å². The van der Waals surface area contributed by atoms with Crippen molar-refractivity contribution in [3.63, 3.8) is 0 Å². The molecular formula is C48H75NO11. The van der Waals surface area contributed by atoms with Crippen LogP contribution in [0, 0.1) is 35.5 Å². The number of nitrogens with zero attached hydrogens (tertiary/aromatic N) is 1. The third-order valence-corrected chi connectivity index (χ3v) is 13.7. The molecule has 12 nitrogen and oxygen atoms in total. The molecular weight excluding hydrogens is 767 g/mol. The molecule has 3 heterocycles. The van der Waals surface area contributed by atoms with Crippen molar-refractivity contribution in [3.8, 4) is 0 Å². The zero-order valence-electron chi connectivity index (χ0n) is 37.2. The monoisotopic (exact) mass is 842 g/mol. The number of allylic oxidation sites excluding steroid dienone is 6. The van der Waals surface area contributed by atoms with Gasteiger partial charge in [0.2, 0.25) is 5.91 Å². The van der Waals surface area contributed by atoms with Crippen LogP contribution in [0.25, 0.3) is 0 Å². The normalized spacial score (nSPS) is 41.5. The van der Waals surface area contributed by atoms with E-state index in [4.69, 9.17) is 9.47 Å². The topological polar surface area (TPSA) is 191 Å². The van der Waals surface area contributed by atoms with Crippen molar-refractivity contribution < 1.29 is 54.2 Å². The molecule has 4 aliphatic rings. The van der Waals surface area contributed by atoms with Crippen LogP contribution in [0.15, 0.2) is 47.6 Å². The average Bonchev–Trinajstić information content (AvgIpc) is 3.21. The first kappa shape index (κ1) is 49.7. The maximum absolute atomic E-state index is 14.2. The van der Waals surface area contributed by atoms with Gasteiger partial charge in [0, 0.05) is 37.1 Å². The van der Waals surface area contributed by atoms with E-state index in [9.17, 15) is 44.7 Å². The molecule has 4 rings (SSSR count). The maximum atomic E-state index is 14.2. The minimum atomic E-state index is -1.79. The highest BCUT2D eigenvalue weighted by molar-refractivity contribution is 5.87. The lowest BCUT2D eigenvalue weighted by atomic mass is 9.79. The van der Waals surface area contributed by atoms with Crippen molar-refractivity contribution in [3.05, 3.63) is 47.6 Å². The van der Waals surface area contributed by atoms with E-state index in [1.807, 2.05) is 45.9 Å². The van der Waals surface area contributed by atoms with E-state index in [1.54, 1.807) is 39.0 Å². The first-order valence-corrected chi connectivity index (χ1v) is 22.7. The summed E-state index contributed by atoms with van der Waals surface area (Å²) in [4.78, 5) is 56.9. The Morgan fingerprint density at radius 1 is 0.833 bits per heavy atom. The molecule has 0 unspecified atom stereocenters. The predicted octanol–water partition coefficient (Wildman–Crippen LogP) is 6.07. The number of ether oxygens (including phenoxy) is 2. The number of aliphatic hydroxyl groups excluding tert-OH is 4. The molecule has 1 aliphatic carbocycles. The number of piperidine rings is 1. The molecule has 1 saturated carbocycles. The summed E-state index contributed by atoms with van der Waals surface area (Å²) in [6, 6.07) is -0.910. The first-order chi connectivity index (χ1) is 28.3. The van der Waals surface area contributed by atoms with Gasteiger partial charge in [0.05, 0.1) is 24.7 Å². The van der Waals surface area contributed by atoms with Gasteiger partial charge in [-0.25, -0.2) is 4.79 Å². The molecule has 5 N–H and O–H groups in total. The number of cyclic esters (lactones) is 1. The number of ketones is 2. The molecule has 0 aromatic heterocycles. The number of Topliss-reactive ketones (excluding diaryl/α,β-unsaturated/α-hetero) is 2. The van der Waals surface area contributed by atoms with Crippen LogP contribution in [0.5, 0.6) is 0 Å². The molecule has 3 fully saturated rings. The van der Waals surface area contributed by atoms with Crippen LogP contribution >= 0.6 is 0 Å². The summed E-state index contributed by atoms with van der Waals surface area (Å²) in [5, 5.41) is 55.0. The van der Waals surface area contributed by atoms with Crippen molar-refractivity contribution in [2.24, 2.45) is 35.5 Å². The number of hydrogen-bond donors (Lipinski definition) is 5. The van der Waals surface area contributed by atoms with Gasteiger partial charge in [-0.1, -0.05) is 71.1 Å².